The van der Waals surface area contributed by atoms with E-state index in [1.54, 1.807) is 13.3 Å². The molecule has 1 heterocycles. The molecule has 0 atom stereocenters. The molecule has 0 bridgehead atoms. The van der Waals surface area contributed by atoms with E-state index >= 15 is 0 Å². The molecule has 0 aliphatic rings. The van der Waals surface area contributed by atoms with Gasteiger partial charge in [0.05, 0.1) is 13.3 Å². The van der Waals surface area contributed by atoms with Crippen LogP contribution in [0, 0.1) is 11.3 Å². The second kappa shape index (κ2) is 5.32. The van der Waals surface area contributed by atoms with Crippen molar-refractivity contribution in [2.24, 2.45) is 0 Å². The maximum atomic E-state index is 8.68. The van der Waals surface area contributed by atoms with Gasteiger partial charge in [0.15, 0.2) is 5.13 Å². The predicted octanol–water partition coefficient (Wildman–Crippen LogP) is 2.64. The van der Waals surface area contributed by atoms with Crippen molar-refractivity contribution >= 4 is 16.5 Å². The lowest BCUT2D eigenvalue weighted by Crippen LogP contribution is -1.98. The summed E-state index contributed by atoms with van der Waals surface area (Å²) in [6, 6.07) is 9.88. The molecule has 2 aromatic rings. The summed E-state index contributed by atoms with van der Waals surface area (Å²) in [6.07, 6.45) is 1.57. The van der Waals surface area contributed by atoms with E-state index in [1.165, 1.54) is 11.3 Å². The fourth-order valence-electron chi connectivity index (χ4n) is 1.37. The molecule has 0 saturated carbocycles. The average Bonchev–Trinajstić information content (AvgIpc) is 2.84. The normalized spacial score (nSPS) is 9.65. The lowest BCUT2D eigenvalue weighted by molar-refractivity contribution is 0.414. The van der Waals surface area contributed by atoms with Crippen molar-refractivity contribution in [3.8, 4) is 11.8 Å². The summed E-state index contributed by atoms with van der Waals surface area (Å²) in [5.74, 6) is 0.834. The molecule has 1 aromatic carbocycles. The lowest BCUT2D eigenvalue weighted by Gasteiger charge is -2.05. The Kier molecular flexibility index (Phi) is 3.58. The highest BCUT2D eigenvalue weighted by Crippen LogP contribution is 2.18. The maximum absolute atomic E-state index is 8.68. The van der Waals surface area contributed by atoms with Gasteiger partial charge in [-0.05, 0) is 17.7 Å². The number of methoxy groups -OCH3 is 1. The van der Waals surface area contributed by atoms with Gasteiger partial charge in [0.2, 0.25) is 0 Å². The Morgan fingerprint density at radius 3 is 3.12 bits per heavy atom. The molecule has 1 aromatic heterocycles. The second-order valence-corrected chi connectivity index (χ2v) is 4.38. The van der Waals surface area contributed by atoms with E-state index in [0.717, 1.165) is 16.4 Å². The third-order valence-corrected chi connectivity index (χ3v) is 3.05. The van der Waals surface area contributed by atoms with Crippen LogP contribution in [0.4, 0.5) is 5.13 Å². The number of aromatic nitrogens is 1. The first-order chi connectivity index (χ1) is 8.31. The summed E-state index contributed by atoms with van der Waals surface area (Å²) in [5.41, 5.74) is 1.11. The maximum Gasteiger partial charge on any atom is 0.184 e. The summed E-state index contributed by atoms with van der Waals surface area (Å²) in [5, 5.41) is 12.6. The van der Waals surface area contributed by atoms with Crippen LogP contribution in [0.25, 0.3) is 0 Å². The van der Waals surface area contributed by atoms with Gasteiger partial charge < -0.3 is 10.1 Å². The summed E-state index contributed by atoms with van der Waals surface area (Å²) >= 11 is 1.35. The summed E-state index contributed by atoms with van der Waals surface area (Å²) in [6.45, 7) is 0.662. The van der Waals surface area contributed by atoms with Crippen LogP contribution in [0.15, 0.2) is 30.5 Å². The zero-order valence-electron chi connectivity index (χ0n) is 9.30. The molecule has 0 amide bonds. The first kappa shape index (κ1) is 11.4. The molecule has 86 valence electrons. The van der Waals surface area contributed by atoms with Gasteiger partial charge in [-0.1, -0.05) is 23.5 Å². The van der Waals surface area contributed by atoms with Crippen LogP contribution in [0.1, 0.15) is 10.4 Å². The van der Waals surface area contributed by atoms with E-state index in [9.17, 15) is 0 Å². The van der Waals surface area contributed by atoms with Gasteiger partial charge in [0.1, 0.15) is 16.7 Å². The number of hydrogen-bond donors (Lipinski definition) is 1. The molecule has 0 aliphatic carbocycles. The molecule has 0 saturated heterocycles. The lowest BCUT2D eigenvalue weighted by atomic mass is 10.2. The number of hydrogen-bond acceptors (Lipinski definition) is 5. The highest BCUT2D eigenvalue weighted by atomic mass is 32.1. The van der Waals surface area contributed by atoms with Crippen molar-refractivity contribution in [2.45, 2.75) is 6.54 Å². The largest absolute Gasteiger partial charge is 0.497 e. The van der Waals surface area contributed by atoms with Gasteiger partial charge in [0, 0.05) is 6.54 Å². The highest BCUT2D eigenvalue weighted by Gasteiger charge is 2.01. The van der Waals surface area contributed by atoms with Gasteiger partial charge in [0.25, 0.3) is 0 Å². The van der Waals surface area contributed by atoms with E-state index in [4.69, 9.17) is 10.00 Å². The predicted molar refractivity (Wildman–Crippen MR) is 67.1 cm³/mol. The zero-order chi connectivity index (χ0) is 12.1. The molecule has 0 spiro atoms. The fraction of sp³-hybridized carbons (Fsp3) is 0.167. The number of rotatable bonds is 4. The summed E-state index contributed by atoms with van der Waals surface area (Å²) in [4.78, 5) is 4.71. The third-order valence-electron chi connectivity index (χ3n) is 2.19. The third kappa shape index (κ3) is 2.95. The van der Waals surface area contributed by atoms with Gasteiger partial charge in [-0.3, -0.25) is 0 Å². The monoisotopic (exact) mass is 245 g/mol. The molecular weight excluding hydrogens is 234 g/mol. The number of nitriles is 1. The molecule has 0 aliphatic heterocycles. The van der Waals surface area contributed by atoms with Crippen molar-refractivity contribution in [3.05, 3.63) is 40.9 Å². The van der Waals surface area contributed by atoms with Crippen LogP contribution in [-0.2, 0) is 6.54 Å². The van der Waals surface area contributed by atoms with Gasteiger partial charge in [-0.15, -0.1) is 0 Å². The molecule has 1 N–H and O–H groups in total. The van der Waals surface area contributed by atoms with Gasteiger partial charge in [-0.2, -0.15) is 5.26 Å². The highest BCUT2D eigenvalue weighted by molar-refractivity contribution is 7.16. The molecule has 4 nitrogen and oxygen atoms in total. The number of nitrogens with zero attached hydrogens (tertiary/aromatic N) is 2. The zero-order valence-corrected chi connectivity index (χ0v) is 10.1. The van der Waals surface area contributed by atoms with Crippen LogP contribution in [0.5, 0.6) is 5.75 Å². The van der Waals surface area contributed by atoms with Crippen molar-refractivity contribution in [1.29, 1.82) is 5.26 Å². The topological polar surface area (TPSA) is 57.9 Å². The van der Waals surface area contributed by atoms with Crippen molar-refractivity contribution in [3.63, 3.8) is 0 Å². The smallest absolute Gasteiger partial charge is 0.184 e. The van der Waals surface area contributed by atoms with E-state index in [2.05, 4.69) is 16.4 Å². The Bertz CT molecular complexity index is 545. The minimum absolute atomic E-state index is 0.609. The summed E-state index contributed by atoms with van der Waals surface area (Å²) in [7, 11) is 1.65. The van der Waals surface area contributed by atoms with Crippen LogP contribution < -0.4 is 10.1 Å². The van der Waals surface area contributed by atoms with E-state index in [0.29, 0.717) is 11.4 Å². The summed E-state index contributed by atoms with van der Waals surface area (Å²) < 4.78 is 5.14. The van der Waals surface area contributed by atoms with E-state index in [-0.39, 0.29) is 0 Å². The minimum Gasteiger partial charge on any atom is -0.497 e. The SMILES string of the molecule is COc1cccc(CNc2ncc(C#N)s2)c1. The van der Waals surface area contributed by atoms with Crippen molar-refractivity contribution in [1.82, 2.24) is 4.98 Å². The number of anilines is 1. The first-order valence-corrected chi connectivity index (χ1v) is 5.86. The second-order valence-electron chi connectivity index (χ2n) is 3.35. The number of ether oxygens (including phenoxy) is 1. The molecule has 0 fully saturated rings. The Hall–Kier alpha value is -2.06. The van der Waals surface area contributed by atoms with Gasteiger partial charge in [-0.25, -0.2) is 4.98 Å². The van der Waals surface area contributed by atoms with Crippen LogP contribution in [0.2, 0.25) is 0 Å². The Morgan fingerprint density at radius 1 is 1.53 bits per heavy atom. The molecular formula is C12H11N3OS. The Labute approximate surface area is 103 Å². The van der Waals surface area contributed by atoms with Gasteiger partial charge >= 0.3 is 0 Å². The number of thiazole rings is 1. The number of nitrogens with one attached hydrogen (secondary N) is 1. The Morgan fingerprint density at radius 2 is 2.41 bits per heavy atom. The molecule has 17 heavy (non-hydrogen) atoms. The van der Waals surface area contributed by atoms with Crippen molar-refractivity contribution in [2.75, 3.05) is 12.4 Å². The fourth-order valence-corrected chi connectivity index (χ4v) is 1.98. The molecule has 2 rings (SSSR count). The van der Waals surface area contributed by atoms with Crippen LogP contribution >= 0.6 is 11.3 Å². The van der Waals surface area contributed by atoms with E-state index < -0.39 is 0 Å². The van der Waals surface area contributed by atoms with E-state index in [1.807, 2.05) is 24.3 Å². The molecule has 0 unspecified atom stereocenters. The quantitative estimate of drug-likeness (QED) is 0.899. The van der Waals surface area contributed by atoms with Crippen LogP contribution in [-0.4, -0.2) is 12.1 Å². The Balaban J connectivity index is 1.99. The molecule has 5 heteroatoms. The first-order valence-electron chi connectivity index (χ1n) is 5.04. The van der Waals surface area contributed by atoms with Crippen LogP contribution in [0.3, 0.4) is 0 Å². The molecule has 0 radical (unpaired) electrons. The number of benzene rings is 1. The average molecular weight is 245 g/mol. The standard InChI is InChI=1S/C12H11N3OS/c1-16-10-4-2-3-9(5-10)7-14-12-15-8-11(6-13)17-12/h2-5,8H,7H2,1H3,(H,14,15). The van der Waals surface area contributed by atoms with Crippen molar-refractivity contribution < 1.29 is 4.74 Å². The minimum atomic E-state index is 0.609.